The second-order valence-corrected chi connectivity index (χ2v) is 8.41. The Hall–Kier alpha value is -1.93. The number of sulfonamides is 1. The van der Waals surface area contributed by atoms with Crippen LogP contribution in [0, 0.1) is 13.8 Å². The van der Waals surface area contributed by atoms with Gasteiger partial charge in [0.2, 0.25) is 15.9 Å². The summed E-state index contributed by atoms with van der Waals surface area (Å²) in [5, 5.41) is 5.29. The predicted molar refractivity (Wildman–Crippen MR) is 99.3 cm³/mol. The lowest BCUT2D eigenvalue weighted by Crippen LogP contribution is -2.57. The molecule has 2 rings (SSSR count). The standard InChI is InChI=1S/C18H27N3O4S/c1-5-6-7-15-18(23)20(4)8-9-21(15)17(22)14-10-12(2)13(3)16(11-14)26(19,24)25/h10-11,15H,5-9H2,1-4H3,(H2,19,24,25)/t15-/m0/s1. The summed E-state index contributed by atoms with van der Waals surface area (Å²) < 4.78 is 23.7. The normalized spacial score (nSPS) is 18.3. The van der Waals surface area contributed by atoms with Gasteiger partial charge in [-0.25, -0.2) is 13.6 Å². The summed E-state index contributed by atoms with van der Waals surface area (Å²) in [5.74, 6) is -0.408. The molecule has 0 aromatic heterocycles. The van der Waals surface area contributed by atoms with Gasteiger partial charge in [-0.2, -0.15) is 0 Å². The van der Waals surface area contributed by atoms with Crippen molar-refractivity contribution < 1.29 is 18.0 Å². The monoisotopic (exact) mass is 381 g/mol. The Kier molecular flexibility index (Phi) is 6.08. The third-order valence-corrected chi connectivity index (χ3v) is 6.02. The lowest BCUT2D eigenvalue weighted by atomic mass is 10.0. The summed E-state index contributed by atoms with van der Waals surface area (Å²) in [5.41, 5.74) is 1.45. The first kappa shape index (κ1) is 20.4. The van der Waals surface area contributed by atoms with Crippen LogP contribution in [0.2, 0.25) is 0 Å². The quantitative estimate of drug-likeness (QED) is 0.833. The van der Waals surface area contributed by atoms with Gasteiger partial charge >= 0.3 is 0 Å². The molecule has 144 valence electrons. The van der Waals surface area contributed by atoms with Crippen molar-refractivity contribution in [3.63, 3.8) is 0 Å². The molecule has 1 heterocycles. The Balaban J connectivity index is 2.43. The molecular formula is C18H27N3O4S. The number of hydrogen-bond acceptors (Lipinski definition) is 4. The summed E-state index contributed by atoms with van der Waals surface area (Å²) >= 11 is 0. The molecule has 1 aliphatic rings. The highest BCUT2D eigenvalue weighted by molar-refractivity contribution is 7.89. The summed E-state index contributed by atoms with van der Waals surface area (Å²) in [4.78, 5) is 28.8. The number of primary sulfonamides is 1. The third-order valence-electron chi connectivity index (χ3n) is 4.98. The fraction of sp³-hybridized carbons (Fsp3) is 0.556. The van der Waals surface area contributed by atoms with E-state index in [-0.39, 0.29) is 22.3 Å². The van der Waals surface area contributed by atoms with Crippen molar-refractivity contribution in [2.45, 2.75) is 51.0 Å². The van der Waals surface area contributed by atoms with Crippen LogP contribution in [0.4, 0.5) is 0 Å². The van der Waals surface area contributed by atoms with Gasteiger partial charge in [-0.05, 0) is 43.5 Å². The molecule has 1 fully saturated rings. The van der Waals surface area contributed by atoms with Crippen LogP contribution >= 0.6 is 0 Å². The summed E-state index contributed by atoms with van der Waals surface area (Å²) in [7, 11) is -2.20. The first-order valence-electron chi connectivity index (χ1n) is 8.78. The molecule has 1 saturated heterocycles. The predicted octanol–water partition coefficient (Wildman–Crippen LogP) is 1.42. The fourth-order valence-electron chi connectivity index (χ4n) is 3.24. The van der Waals surface area contributed by atoms with Gasteiger partial charge in [0.05, 0.1) is 4.90 Å². The number of piperazine rings is 1. The zero-order chi connectivity index (χ0) is 19.6. The van der Waals surface area contributed by atoms with Crippen molar-refractivity contribution in [3.8, 4) is 0 Å². The van der Waals surface area contributed by atoms with E-state index < -0.39 is 16.1 Å². The number of hydrogen-bond donors (Lipinski definition) is 1. The highest BCUT2D eigenvalue weighted by atomic mass is 32.2. The summed E-state index contributed by atoms with van der Waals surface area (Å²) in [6.07, 6.45) is 2.36. The minimum Gasteiger partial charge on any atom is -0.342 e. The Morgan fingerprint density at radius 2 is 1.92 bits per heavy atom. The van der Waals surface area contributed by atoms with Gasteiger partial charge in [0.25, 0.3) is 5.91 Å². The molecule has 0 unspecified atom stereocenters. The number of likely N-dealkylation sites (N-methyl/N-ethyl adjacent to an activating group) is 1. The van der Waals surface area contributed by atoms with E-state index in [0.717, 1.165) is 12.8 Å². The molecule has 0 bridgehead atoms. The maximum atomic E-state index is 13.1. The van der Waals surface area contributed by atoms with E-state index >= 15 is 0 Å². The smallest absolute Gasteiger partial charge is 0.254 e. The number of benzene rings is 1. The number of amides is 2. The number of carbonyl (C=O) groups is 2. The Morgan fingerprint density at radius 1 is 1.27 bits per heavy atom. The summed E-state index contributed by atoms with van der Waals surface area (Å²) in [6, 6.07) is 2.46. The molecule has 0 saturated carbocycles. The molecule has 0 spiro atoms. The molecule has 1 atom stereocenters. The maximum Gasteiger partial charge on any atom is 0.254 e. The van der Waals surface area contributed by atoms with Gasteiger partial charge in [0, 0.05) is 25.7 Å². The van der Waals surface area contributed by atoms with E-state index in [9.17, 15) is 18.0 Å². The highest BCUT2D eigenvalue weighted by Crippen LogP contribution is 2.24. The summed E-state index contributed by atoms with van der Waals surface area (Å²) in [6.45, 7) is 6.31. The van der Waals surface area contributed by atoms with Crippen LogP contribution in [0.5, 0.6) is 0 Å². The molecule has 1 aromatic carbocycles. The minimum atomic E-state index is -3.94. The number of unbranched alkanes of at least 4 members (excludes halogenated alkanes) is 1. The maximum absolute atomic E-state index is 13.1. The second-order valence-electron chi connectivity index (χ2n) is 6.88. The van der Waals surface area contributed by atoms with Crippen molar-refractivity contribution in [2.75, 3.05) is 20.1 Å². The largest absolute Gasteiger partial charge is 0.342 e. The van der Waals surface area contributed by atoms with Crippen molar-refractivity contribution >= 4 is 21.8 Å². The molecule has 0 aliphatic carbocycles. The first-order chi connectivity index (χ1) is 12.1. The molecule has 26 heavy (non-hydrogen) atoms. The van der Waals surface area contributed by atoms with Crippen molar-refractivity contribution in [1.82, 2.24) is 9.80 Å². The van der Waals surface area contributed by atoms with Crippen LogP contribution in [0.3, 0.4) is 0 Å². The average molecular weight is 381 g/mol. The van der Waals surface area contributed by atoms with Gasteiger partial charge in [-0.15, -0.1) is 0 Å². The molecule has 7 nitrogen and oxygen atoms in total. The average Bonchev–Trinajstić information content (AvgIpc) is 2.56. The number of carbonyl (C=O) groups excluding carboxylic acids is 2. The molecule has 2 N–H and O–H groups in total. The van der Waals surface area contributed by atoms with Crippen LogP contribution in [0.1, 0.15) is 47.7 Å². The van der Waals surface area contributed by atoms with Crippen LogP contribution < -0.4 is 5.14 Å². The van der Waals surface area contributed by atoms with Crippen molar-refractivity contribution in [2.24, 2.45) is 5.14 Å². The number of nitrogens with zero attached hydrogens (tertiary/aromatic N) is 2. The zero-order valence-corrected chi connectivity index (χ0v) is 16.6. The van der Waals surface area contributed by atoms with Crippen LogP contribution in [-0.4, -0.2) is 56.2 Å². The topological polar surface area (TPSA) is 101 Å². The number of rotatable bonds is 5. The number of nitrogens with two attached hydrogens (primary N) is 1. The third kappa shape index (κ3) is 4.07. The fourth-order valence-corrected chi connectivity index (χ4v) is 4.12. The van der Waals surface area contributed by atoms with Crippen molar-refractivity contribution in [3.05, 3.63) is 28.8 Å². The lowest BCUT2D eigenvalue weighted by Gasteiger charge is -2.39. The molecular weight excluding hydrogens is 354 g/mol. The van der Waals surface area contributed by atoms with E-state index in [1.54, 1.807) is 36.8 Å². The van der Waals surface area contributed by atoms with E-state index in [4.69, 9.17) is 5.14 Å². The Labute approximate surface area is 155 Å². The highest BCUT2D eigenvalue weighted by Gasteiger charge is 2.36. The van der Waals surface area contributed by atoms with Crippen LogP contribution in [0.15, 0.2) is 17.0 Å². The molecule has 0 radical (unpaired) electrons. The first-order valence-corrected chi connectivity index (χ1v) is 10.3. The molecule has 8 heteroatoms. The van der Waals surface area contributed by atoms with E-state index in [1.807, 2.05) is 6.92 Å². The zero-order valence-electron chi connectivity index (χ0n) is 15.8. The van der Waals surface area contributed by atoms with Gasteiger partial charge in [0.15, 0.2) is 0 Å². The molecule has 2 amide bonds. The minimum absolute atomic E-state index is 0.0496. The van der Waals surface area contributed by atoms with E-state index in [2.05, 4.69) is 0 Å². The van der Waals surface area contributed by atoms with Crippen LogP contribution in [-0.2, 0) is 14.8 Å². The van der Waals surface area contributed by atoms with E-state index in [1.165, 1.54) is 6.07 Å². The van der Waals surface area contributed by atoms with Crippen LogP contribution in [0.25, 0.3) is 0 Å². The van der Waals surface area contributed by atoms with Gasteiger partial charge < -0.3 is 9.80 Å². The van der Waals surface area contributed by atoms with Gasteiger partial charge in [0.1, 0.15) is 6.04 Å². The number of aryl methyl sites for hydroxylation is 1. The Bertz CT molecular complexity index is 820. The second kappa shape index (κ2) is 7.75. The van der Waals surface area contributed by atoms with Crippen molar-refractivity contribution in [1.29, 1.82) is 0 Å². The molecule has 1 aliphatic heterocycles. The van der Waals surface area contributed by atoms with Gasteiger partial charge in [-0.1, -0.05) is 19.8 Å². The Morgan fingerprint density at radius 3 is 2.50 bits per heavy atom. The van der Waals surface area contributed by atoms with E-state index in [0.29, 0.717) is 30.6 Å². The van der Waals surface area contributed by atoms with Gasteiger partial charge in [-0.3, -0.25) is 9.59 Å². The molecule has 1 aromatic rings. The SMILES string of the molecule is CCCC[C@H]1C(=O)N(C)CCN1C(=O)c1cc(C)c(C)c(S(N)(=O)=O)c1. The lowest BCUT2D eigenvalue weighted by molar-refractivity contribution is -0.138.